The summed E-state index contributed by atoms with van der Waals surface area (Å²) in [5.74, 6) is 1.57. The van der Waals surface area contributed by atoms with Crippen LogP contribution in [0.3, 0.4) is 0 Å². The lowest BCUT2D eigenvalue weighted by Gasteiger charge is -2.24. The van der Waals surface area contributed by atoms with Gasteiger partial charge in [-0.3, -0.25) is 0 Å². The van der Waals surface area contributed by atoms with Gasteiger partial charge in [-0.05, 0) is 37.0 Å². The number of ether oxygens (including phenoxy) is 1. The normalized spacial score (nSPS) is 22.8. The average Bonchev–Trinajstić information content (AvgIpc) is 3.01. The molecule has 0 amide bonds. The van der Waals surface area contributed by atoms with Gasteiger partial charge in [-0.15, -0.1) is 35.8 Å². The molecule has 0 N–H and O–H groups in total. The average molecular weight is 516 g/mol. The summed E-state index contributed by atoms with van der Waals surface area (Å²) in [4.78, 5) is 6.50. The second-order valence-electron chi connectivity index (χ2n) is 8.89. The summed E-state index contributed by atoms with van der Waals surface area (Å²) in [6.07, 6.45) is -2.28. The van der Waals surface area contributed by atoms with Gasteiger partial charge in [0.2, 0.25) is 5.82 Å². The second-order valence-corrected chi connectivity index (χ2v) is 10.3. The Morgan fingerprint density at radius 2 is 2.12 bits per heavy atom. The fourth-order valence-electron chi connectivity index (χ4n) is 4.89. The number of hydrogen-bond donors (Lipinski definition) is 0. The zero-order valence-corrected chi connectivity index (χ0v) is 20.5. The molecule has 0 spiro atoms. The number of oxazole rings is 1. The van der Waals surface area contributed by atoms with Crippen molar-refractivity contribution in [2.75, 3.05) is 19.6 Å². The standard InChI is InChI=1S/C22H24F3N5O2S.ClH/c1-13(33-20-28-27-19(29(20)3)18-14(2)26-12-31-18)9-30-10-16-8-21(16,11-30)15-5-4-6-17(7-15)32-22(23,24)25;/h4-7,12-13,16H,8-11H2,1-3H3;1H. The molecule has 3 atom stereocenters. The lowest BCUT2D eigenvalue weighted by Crippen LogP contribution is -2.32. The molecular formula is C22H25ClF3N5O2S. The molecule has 3 heterocycles. The van der Waals surface area contributed by atoms with Crippen LogP contribution < -0.4 is 4.74 Å². The number of thioether (sulfide) groups is 1. The maximum absolute atomic E-state index is 12.6. The monoisotopic (exact) mass is 515 g/mol. The number of hydrogen-bond acceptors (Lipinski definition) is 7. The maximum Gasteiger partial charge on any atom is 0.573 e. The van der Waals surface area contributed by atoms with E-state index in [1.807, 2.05) is 24.6 Å². The van der Waals surface area contributed by atoms with Crippen molar-refractivity contribution < 1.29 is 22.3 Å². The van der Waals surface area contributed by atoms with Gasteiger partial charge < -0.3 is 18.6 Å². The predicted molar refractivity (Wildman–Crippen MR) is 123 cm³/mol. The molecule has 0 radical (unpaired) electrons. The Balaban J connectivity index is 0.00000274. The predicted octanol–water partition coefficient (Wildman–Crippen LogP) is 4.85. The molecule has 34 heavy (non-hydrogen) atoms. The van der Waals surface area contributed by atoms with Crippen LogP contribution in [0, 0.1) is 12.8 Å². The van der Waals surface area contributed by atoms with Gasteiger partial charge in [0.1, 0.15) is 5.75 Å². The van der Waals surface area contributed by atoms with E-state index < -0.39 is 6.36 Å². The van der Waals surface area contributed by atoms with Gasteiger partial charge >= 0.3 is 6.36 Å². The highest BCUT2D eigenvalue weighted by atomic mass is 35.5. The molecule has 1 saturated carbocycles. The van der Waals surface area contributed by atoms with E-state index in [9.17, 15) is 13.2 Å². The molecule has 1 saturated heterocycles. The smallest absolute Gasteiger partial charge is 0.440 e. The molecular weight excluding hydrogens is 491 g/mol. The molecule has 12 heteroatoms. The van der Waals surface area contributed by atoms with E-state index in [-0.39, 0.29) is 28.8 Å². The van der Waals surface area contributed by atoms with Crippen molar-refractivity contribution in [3.05, 3.63) is 41.9 Å². The van der Waals surface area contributed by atoms with E-state index >= 15 is 0 Å². The van der Waals surface area contributed by atoms with E-state index in [0.717, 1.165) is 42.5 Å². The Bertz CT molecular complexity index is 1170. The van der Waals surface area contributed by atoms with E-state index in [4.69, 9.17) is 4.42 Å². The molecule has 1 aromatic carbocycles. The number of piperidine rings is 1. The number of alkyl halides is 3. The number of nitrogens with zero attached hydrogens (tertiary/aromatic N) is 5. The number of aryl methyl sites for hydroxylation is 1. The molecule has 2 aliphatic rings. The summed E-state index contributed by atoms with van der Waals surface area (Å²) in [6.45, 7) is 6.64. The molecule has 3 aromatic rings. The molecule has 184 valence electrons. The first-order valence-corrected chi connectivity index (χ1v) is 11.6. The molecule has 7 nitrogen and oxygen atoms in total. The fourth-order valence-corrected chi connectivity index (χ4v) is 5.87. The van der Waals surface area contributed by atoms with Crippen LogP contribution in [-0.2, 0) is 12.5 Å². The zero-order chi connectivity index (χ0) is 23.4. The second kappa shape index (κ2) is 9.09. The van der Waals surface area contributed by atoms with Crippen LogP contribution in [0.15, 0.2) is 40.2 Å². The van der Waals surface area contributed by atoms with Gasteiger partial charge in [-0.1, -0.05) is 30.8 Å². The Labute approximate surface area is 205 Å². The van der Waals surface area contributed by atoms with Crippen molar-refractivity contribution in [2.24, 2.45) is 13.0 Å². The minimum atomic E-state index is -4.68. The number of aromatic nitrogens is 4. The number of fused-ring (bicyclic) bond motifs is 1. The maximum atomic E-state index is 12.6. The Morgan fingerprint density at radius 1 is 1.32 bits per heavy atom. The van der Waals surface area contributed by atoms with E-state index in [1.165, 1.54) is 12.5 Å². The lowest BCUT2D eigenvalue weighted by molar-refractivity contribution is -0.274. The van der Waals surface area contributed by atoms with Gasteiger partial charge in [0.05, 0.1) is 5.69 Å². The van der Waals surface area contributed by atoms with Crippen molar-refractivity contribution in [1.82, 2.24) is 24.6 Å². The number of benzene rings is 1. The largest absolute Gasteiger partial charge is 0.573 e. The molecule has 0 bridgehead atoms. The van der Waals surface area contributed by atoms with Gasteiger partial charge in [0.15, 0.2) is 17.3 Å². The van der Waals surface area contributed by atoms with Crippen LogP contribution >= 0.6 is 24.2 Å². The summed E-state index contributed by atoms with van der Waals surface area (Å²) in [6, 6.07) is 6.45. The minimum absolute atomic E-state index is 0. The highest BCUT2D eigenvalue weighted by Gasteiger charge is 2.60. The number of halogens is 4. The molecule has 1 aliphatic heterocycles. The van der Waals surface area contributed by atoms with Crippen LogP contribution in [0.25, 0.3) is 11.6 Å². The highest BCUT2D eigenvalue weighted by Crippen LogP contribution is 2.59. The molecule has 2 fully saturated rings. The molecule has 5 rings (SSSR count). The minimum Gasteiger partial charge on any atom is -0.440 e. The van der Waals surface area contributed by atoms with Gasteiger partial charge in [0.25, 0.3) is 0 Å². The lowest BCUT2D eigenvalue weighted by atomic mass is 9.95. The summed E-state index contributed by atoms with van der Waals surface area (Å²) < 4.78 is 49.3. The van der Waals surface area contributed by atoms with E-state index in [1.54, 1.807) is 23.9 Å². The Hall–Kier alpha value is -2.24. The SMILES string of the molecule is Cc1ncoc1-c1nnc(SC(C)CN2CC3CC3(c3cccc(OC(F)(F)F)c3)C2)n1C.Cl. The zero-order valence-electron chi connectivity index (χ0n) is 18.9. The summed E-state index contributed by atoms with van der Waals surface area (Å²) in [5.41, 5.74) is 1.62. The summed E-state index contributed by atoms with van der Waals surface area (Å²) in [5, 5.41) is 9.63. The Kier molecular flexibility index (Phi) is 6.65. The van der Waals surface area contributed by atoms with E-state index in [2.05, 4.69) is 31.7 Å². The summed E-state index contributed by atoms with van der Waals surface area (Å²) in [7, 11) is 1.91. The van der Waals surface area contributed by atoms with Gasteiger partial charge in [0, 0.05) is 37.3 Å². The van der Waals surface area contributed by atoms with Crippen molar-refractivity contribution in [3.8, 4) is 17.3 Å². The van der Waals surface area contributed by atoms with Crippen LogP contribution in [0.1, 0.15) is 24.6 Å². The van der Waals surface area contributed by atoms with Crippen molar-refractivity contribution in [1.29, 1.82) is 0 Å². The topological polar surface area (TPSA) is 69.2 Å². The van der Waals surface area contributed by atoms with Crippen LogP contribution in [0.4, 0.5) is 13.2 Å². The fraction of sp³-hybridized carbons (Fsp3) is 0.500. The first kappa shape index (κ1) is 24.9. The van der Waals surface area contributed by atoms with Crippen molar-refractivity contribution in [3.63, 3.8) is 0 Å². The quantitative estimate of drug-likeness (QED) is 0.416. The highest BCUT2D eigenvalue weighted by molar-refractivity contribution is 7.99. The molecule has 2 aromatic heterocycles. The van der Waals surface area contributed by atoms with Crippen LogP contribution in [-0.4, -0.2) is 55.9 Å². The van der Waals surface area contributed by atoms with Crippen LogP contribution in [0.2, 0.25) is 0 Å². The Morgan fingerprint density at radius 3 is 2.82 bits per heavy atom. The third-order valence-electron chi connectivity index (χ3n) is 6.46. The summed E-state index contributed by atoms with van der Waals surface area (Å²) >= 11 is 1.64. The molecule has 3 unspecified atom stereocenters. The van der Waals surface area contributed by atoms with Gasteiger partial charge in [-0.2, -0.15) is 0 Å². The van der Waals surface area contributed by atoms with E-state index in [0.29, 0.717) is 17.5 Å². The number of likely N-dealkylation sites (tertiary alicyclic amines) is 1. The van der Waals surface area contributed by atoms with Crippen molar-refractivity contribution >= 4 is 24.2 Å². The molecule has 1 aliphatic carbocycles. The number of rotatable bonds is 7. The van der Waals surface area contributed by atoms with Gasteiger partial charge in [-0.25, -0.2) is 4.98 Å². The van der Waals surface area contributed by atoms with Crippen LogP contribution in [0.5, 0.6) is 5.75 Å². The first-order valence-electron chi connectivity index (χ1n) is 10.7. The van der Waals surface area contributed by atoms with Crippen molar-refractivity contribution in [2.45, 2.75) is 42.5 Å². The third-order valence-corrected chi connectivity index (χ3v) is 7.58. The first-order chi connectivity index (χ1) is 15.6. The third kappa shape index (κ3) is 4.78.